The molecule has 7 aromatic carbocycles. The summed E-state index contributed by atoms with van der Waals surface area (Å²) in [6.45, 7) is 4.59. The monoisotopic (exact) mass is 691 g/mol. The van der Waals surface area contributed by atoms with Crippen molar-refractivity contribution in [3.63, 3.8) is 0 Å². The van der Waals surface area contributed by atoms with E-state index in [0.29, 0.717) is 0 Å². The number of rotatable bonds is 9. The molecule has 0 saturated carbocycles. The Morgan fingerprint density at radius 1 is 0.500 bits per heavy atom. The lowest BCUT2D eigenvalue weighted by atomic mass is 9.65. The molecule has 2 aliphatic rings. The third-order valence-electron chi connectivity index (χ3n) is 11.5. The normalized spacial score (nSPS) is 13.1. The highest BCUT2D eigenvalue weighted by atomic mass is 14.3. The molecule has 7 aromatic rings. The van der Waals surface area contributed by atoms with E-state index in [1.165, 1.54) is 100.0 Å². The Bertz CT molecular complexity index is 2530. The maximum Gasteiger partial charge on any atom is 0.193 e. The van der Waals surface area contributed by atoms with Gasteiger partial charge >= 0.3 is 0 Å². The first-order chi connectivity index (χ1) is 26.6. The SMILES string of the molecule is Cc1ccccc1-c1cc(Cc2cc(C3=C(Cc4ccc(-c5ccccc5)cc4)C=CCC3)c(C)c3c2-c2ccccc2[B]3)ccc1Cc1ccccc1. The Morgan fingerprint density at radius 2 is 1.15 bits per heavy atom. The van der Waals surface area contributed by atoms with Crippen LogP contribution in [0.4, 0.5) is 0 Å². The van der Waals surface area contributed by atoms with Gasteiger partial charge in [-0.1, -0.05) is 181 Å². The van der Waals surface area contributed by atoms with Gasteiger partial charge in [0.05, 0.1) is 0 Å². The van der Waals surface area contributed by atoms with Gasteiger partial charge in [-0.2, -0.15) is 0 Å². The average Bonchev–Trinajstić information content (AvgIpc) is 3.62. The van der Waals surface area contributed by atoms with Gasteiger partial charge in [0.25, 0.3) is 0 Å². The standard InChI is InChI=1S/C53H44B/c1-36-15-9-11-21-46(36)50-34-40(27-30-44(50)31-38-16-5-3-6-17-38)33-45-35-49(37(2)53-52(45)48-23-13-14-24-51(48)54-53)47-22-12-10-20-43(47)32-39-25-28-42(29-26-39)41-18-7-4-8-19-41/h3-11,13-21,23-30,34-35H,12,22,31-33H2,1-2H3. The van der Waals surface area contributed by atoms with Crippen molar-refractivity contribution in [3.8, 4) is 33.4 Å². The van der Waals surface area contributed by atoms with Gasteiger partial charge in [0.2, 0.25) is 0 Å². The lowest BCUT2D eigenvalue weighted by Gasteiger charge is -2.23. The van der Waals surface area contributed by atoms with Crippen LogP contribution >= 0.6 is 0 Å². The highest BCUT2D eigenvalue weighted by molar-refractivity contribution is 6.74. The number of benzene rings is 7. The van der Waals surface area contributed by atoms with E-state index >= 15 is 0 Å². The quantitative estimate of drug-likeness (QED) is 0.132. The highest BCUT2D eigenvalue weighted by Crippen LogP contribution is 2.38. The number of hydrogen-bond acceptors (Lipinski definition) is 0. The minimum absolute atomic E-state index is 0.877. The molecular weight excluding hydrogens is 647 g/mol. The van der Waals surface area contributed by atoms with Crippen LogP contribution in [0.2, 0.25) is 0 Å². The zero-order valence-electron chi connectivity index (χ0n) is 31.3. The van der Waals surface area contributed by atoms with Gasteiger partial charge in [0.15, 0.2) is 7.28 Å². The fourth-order valence-electron chi connectivity index (χ4n) is 8.72. The van der Waals surface area contributed by atoms with E-state index in [1.54, 1.807) is 0 Å². The van der Waals surface area contributed by atoms with Crippen LogP contribution in [0.25, 0.3) is 39.0 Å². The number of aryl methyl sites for hydroxylation is 1. The summed E-state index contributed by atoms with van der Waals surface area (Å²) in [5.74, 6) is 0. The molecule has 9 rings (SSSR count). The Kier molecular flexibility index (Phi) is 9.31. The molecule has 0 amide bonds. The molecule has 0 fully saturated rings. The molecule has 0 spiro atoms. The number of hydrogen-bond donors (Lipinski definition) is 0. The smallest absolute Gasteiger partial charge is 0.0839 e. The van der Waals surface area contributed by atoms with Crippen LogP contribution in [-0.4, -0.2) is 7.28 Å². The minimum Gasteiger partial charge on any atom is -0.0839 e. The molecule has 0 aromatic heterocycles. The Labute approximate surface area is 321 Å². The van der Waals surface area contributed by atoms with Crippen molar-refractivity contribution >= 4 is 23.8 Å². The second-order valence-electron chi connectivity index (χ2n) is 15.1. The van der Waals surface area contributed by atoms with Crippen molar-refractivity contribution < 1.29 is 0 Å². The number of fused-ring (bicyclic) bond motifs is 3. The van der Waals surface area contributed by atoms with Crippen LogP contribution in [0.5, 0.6) is 0 Å². The van der Waals surface area contributed by atoms with Gasteiger partial charge < -0.3 is 0 Å². The summed E-state index contributed by atoms with van der Waals surface area (Å²) in [4.78, 5) is 0. The van der Waals surface area contributed by atoms with Crippen LogP contribution in [0.15, 0.2) is 175 Å². The lowest BCUT2D eigenvalue weighted by molar-refractivity contribution is 1.01. The van der Waals surface area contributed by atoms with Crippen molar-refractivity contribution in [1.82, 2.24) is 0 Å². The Balaban J connectivity index is 1.13. The molecule has 1 heterocycles. The van der Waals surface area contributed by atoms with E-state index in [1.807, 2.05) is 0 Å². The van der Waals surface area contributed by atoms with Gasteiger partial charge in [-0.15, -0.1) is 0 Å². The molecule has 0 N–H and O–H groups in total. The van der Waals surface area contributed by atoms with Crippen molar-refractivity contribution in [2.45, 2.75) is 46.0 Å². The minimum atomic E-state index is 0.877. The average molecular weight is 692 g/mol. The van der Waals surface area contributed by atoms with Crippen molar-refractivity contribution in [1.29, 1.82) is 0 Å². The molecule has 54 heavy (non-hydrogen) atoms. The number of allylic oxidation sites excluding steroid dienone is 4. The molecule has 259 valence electrons. The van der Waals surface area contributed by atoms with E-state index in [9.17, 15) is 0 Å². The molecule has 1 radical (unpaired) electrons. The molecule has 1 aliphatic heterocycles. The first kappa shape index (κ1) is 33.9. The predicted octanol–water partition coefficient (Wildman–Crippen LogP) is 11.8. The maximum absolute atomic E-state index is 2.56. The summed E-state index contributed by atoms with van der Waals surface area (Å²) in [7, 11) is 2.44. The predicted molar refractivity (Wildman–Crippen MR) is 231 cm³/mol. The van der Waals surface area contributed by atoms with Crippen molar-refractivity contribution in [2.75, 3.05) is 0 Å². The fraction of sp³-hybridized carbons (Fsp3) is 0.132. The molecule has 0 atom stereocenters. The summed E-state index contributed by atoms with van der Waals surface area (Å²) >= 11 is 0. The first-order valence-electron chi connectivity index (χ1n) is 19.4. The molecule has 0 nitrogen and oxygen atoms in total. The summed E-state index contributed by atoms with van der Waals surface area (Å²) in [6, 6.07) is 58.3. The summed E-state index contributed by atoms with van der Waals surface area (Å²) in [5.41, 5.74) is 24.5. The Hall–Kier alpha value is -5.92. The zero-order chi connectivity index (χ0) is 36.4. The van der Waals surface area contributed by atoms with Crippen LogP contribution in [0.1, 0.15) is 57.3 Å². The topological polar surface area (TPSA) is 0 Å². The molecule has 1 aliphatic carbocycles. The van der Waals surface area contributed by atoms with Gasteiger partial charge in [0, 0.05) is 0 Å². The van der Waals surface area contributed by atoms with Crippen LogP contribution < -0.4 is 10.9 Å². The van der Waals surface area contributed by atoms with E-state index in [2.05, 4.69) is 191 Å². The second-order valence-corrected chi connectivity index (χ2v) is 15.1. The van der Waals surface area contributed by atoms with E-state index < -0.39 is 0 Å². The third-order valence-corrected chi connectivity index (χ3v) is 11.5. The molecule has 0 unspecified atom stereocenters. The second kappa shape index (κ2) is 14.8. The molecule has 1 heteroatoms. The zero-order valence-corrected chi connectivity index (χ0v) is 31.3. The van der Waals surface area contributed by atoms with Crippen molar-refractivity contribution in [2.24, 2.45) is 0 Å². The summed E-state index contributed by atoms with van der Waals surface area (Å²) < 4.78 is 0. The summed E-state index contributed by atoms with van der Waals surface area (Å²) in [6.07, 6.45) is 9.62. The van der Waals surface area contributed by atoms with Crippen molar-refractivity contribution in [3.05, 3.63) is 220 Å². The molecular formula is C53H44B. The van der Waals surface area contributed by atoms with E-state index in [4.69, 9.17) is 0 Å². The third kappa shape index (κ3) is 6.72. The largest absolute Gasteiger partial charge is 0.193 e. The molecule has 0 bridgehead atoms. The van der Waals surface area contributed by atoms with Crippen LogP contribution in [0.3, 0.4) is 0 Å². The summed E-state index contributed by atoms with van der Waals surface area (Å²) in [5, 5.41) is 0. The van der Waals surface area contributed by atoms with Crippen LogP contribution in [-0.2, 0) is 19.3 Å². The maximum atomic E-state index is 2.56. The molecule has 0 saturated heterocycles. The van der Waals surface area contributed by atoms with Gasteiger partial charge in [-0.25, -0.2) is 0 Å². The van der Waals surface area contributed by atoms with Crippen LogP contribution in [0, 0.1) is 13.8 Å². The van der Waals surface area contributed by atoms with Gasteiger partial charge in [-0.05, 0) is 135 Å². The van der Waals surface area contributed by atoms with Gasteiger partial charge in [-0.3, -0.25) is 0 Å². The van der Waals surface area contributed by atoms with Gasteiger partial charge in [0.1, 0.15) is 0 Å². The fourth-order valence-corrected chi connectivity index (χ4v) is 8.72. The van der Waals surface area contributed by atoms with E-state index in [-0.39, 0.29) is 0 Å². The Morgan fingerprint density at radius 3 is 1.94 bits per heavy atom. The van der Waals surface area contributed by atoms with E-state index in [0.717, 1.165) is 32.1 Å². The first-order valence-corrected chi connectivity index (χ1v) is 19.4. The lowest BCUT2D eigenvalue weighted by Crippen LogP contribution is -2.25. The highest BCUT2D eigenvalue weighted by Gasteiger charge is 2.27.